The van der Waals surface area contributed by atoms with E-state index in [2.05, 4.69) is 18.7 Å². The molecule has 0 saturated carbocycles. The Bertz CT molecular complexity index is 632. The van der Waals surface area contributed by atoms with Gasteiger partial charge in [0.05, 0.1) is 0 Å². The van der Waals surface area contributed by atoms with E-state index in [0.717, 1.165) is 24.5 Å². The summed E-state index contributed by atoms with van der Waals surface area (Å²) in [6.07, 6.45) is 0. The van der Waals surface area contributed by atoms with Crippen molar-refractivity contribution in [3.63, 3.8) is 0 Å². The van der Waals surface area contributed by atoms with Crippen molar-refractivity contribution in [2.45, 2.75) is 24.6 Å². The summed E-state index contributed by atoms with van der Waals surface area (Å²) in [5.74, 6) is 0. The molecular weight excluding hydrogens is 336 g/mol. The van der Waals surface area contributed by atoms with E-state index in [1.54, 1.807) is 33.2 Å². The molecule has 0 amide bonds. The summed E-state index contributed by atoms with van der Waals surface area (Å²) in [4.78, 5) is 3.31. The molecule has 0 N–H and O–H groups in total. The first-order valence-electron chi connectivity index (χ1n) is 7.36. The Morgan fingerprint density at radius 1 is 1.00 bits per heavy atom. The van der Waals surface area contributed by atoms with Gasteiger partial charge in [-0.25, -0.2) is 8.42 Å². The maximum Gasteiger partial charge on any atom is 0.252 e. The van der Waals surface area contributed by atoms with Crippen LogP contribution in [0.25, 0.3) is 0 Å². The highest BCUT2D eigenvalue weighted by atomic mass is 32.2. The van der Waals surface area contributed by atoms with Gasteiger partial charge in [0.25, 0.3) is 10.0 Å². The van der Waals surface area contributed by atoms with Crippen molar-refractivity contribution < 1.29 is 8.42 Å². The Labute approximate surface area is 141 Å². The van der Waals surface area contributed by atoms with Crippen molar-refractivity contribution in [2.24, 2.45) is 0 Å². The molecule has 0 aliphatic rings. The molecule has 0 unspecified atom stereocenters. The van der Waals surface area contributed by atoms with Crippen LogP contribution in [0.15, 0.2) is 39.2 Å². The highest BCUT2D eigenvalue weighted by Gasteiger charge is 2.26. The third-order valence-corrected chi connectivity index (χ3v) is 7.64. The molecule has 2 heterocycles. The Kier molecular flexibility index (Phi) is 6.58. The van der Waals surface area contributed by atoms with Gasteiger partial charge in [-0.05, 0) is 36.0 Å². The molecule has 0 saturated heterocycles. The molecule has 2 rings (SSSR count). The fourth-order valence-corrected chi connectivity index (χ4v) is 5.55. The SMILES string of the molecule is CCN(CC)CCN(Cc1cccs1)S(=O)(=O)c1cccs1. The zero-order chi connectivity index (χ0) is 16.0. The molecule has 7 heteroatoms. The van der Waals surface area contributed by atoms with Crippen LogP contribution in [0.1, 0.15) is 18.7 Å². The van der Waals surface area contributed by atoms with Gasteiger partial charge in [-0.2, -0.15) is 4.31 Å². The van der Waals surface area contributed by atoms with E-state index in [4.69, 9.17) is 0 Å². The molecule has 0 fully saturated rings. The third kappa shape index (κ3) is 4.39. The first kappa shape index (κ1) is 17.6. The van der Waals surface area contributed by atoms with E-state index in [-0.39, 0.29) is 0 Å². The van der Waals surface area contributed by atoms with Crippen LogP contribution in [0.2, 0.25) is 0 Å². The Balaban J connectivity index is 2.17. The summed E-state index contributed by atoms with van der Waals surface area (Å²) in [6.45, 7) is 7.77. The molecule has 0 aliphatic carbocycles. The average molecular weight is 359 g/mol. The molecule has 4 nitrogen and oxygen atoms in total. The molecule has 0 radical (unpaired) electrons. The van der Waals surface area contributed by atoms with Gasteiger partial charge in [-0.3, -0.25) is 0 Å². The normalized spacial score (nSPS) is 12.4. The largest absolute Gasteiger partial charge is 0.303 e. The highest BCUT2D eigenvalue weighted by molar-refractivity contribution is 7.91. The lowest BCUT2D eigenvalue weighted by Crippen LogP contribution is -2.38. The summed E-state index contributed by atoms with van der Waals surface area (Å²) in [7, 11) is -3.41. The third-order valence-electron chi connectivity index (χ3n) is 3.56. The monoisotopic (exact) mass is 358 g/mol. The number of hydrogen-bond acceptors (Lipinski definition) is 5. The van der Waals surface area contributed by atoms with Crippen molar-refractivity contribution in [1.29, 1.82) is 0 Å². The molecule has 2 aromatic rings. The molecule has 0 spiro atoms. The van der Waals surface area contributed by atoms with Crippen LogP contribution in [0, 0.1) is 0 Å². The first-order chi connectivity index (χ1) is 10.6. The average Bonchev–Trinajstić information content (AvgIpc) is 3.20. The Morgan fingerprint density at radius 2 is 1.68 bits per heavy atom. The lowest BCUT2D eigenvalue weighted by molar-refractivity contribution is 0.269. The van der Waals surface area contributed by atoms with Crippen molar-refractivity contribution in [2.75, 3.05) is 26.2 Å². The number of nitrogens with zero attached hydrogens (tertiary/aromatic N) is 2. The van der Waals surface area contributed by atoms with Gasteiger partial charge in [0.2, 0.25) is 0 Å². The fraction of sp³-hybridized carbons (Fsp3) is 0.467. The number of rotatable bonds is 9. The van der Waals surface area contributed by atoms with Gasteiger partial charge in [-0.1, -0.05) is 26.0 Å². The molecule has 22 heavy (non-hydrogen) atoms. The lowest BCUT2D eigenvalue weighted by atomic mass is 10.4. The number of likely N-dealkylation sites (N-methyl/N-ethyl adjacent to an activating group) is 1. The summed E-state index contributed by atoms with van der Waals surface area (Å²) < 4.78 is 27.7. The zero-order valence-electron chi connectivity index (χ0n) is 12.9. The van der Waals surface area contributed by atoms with E-state index in [0.29, 0.717) is 17.3 Å². The van der Waals surface area contributed by atoms with Crippen LogP contribution in [0.3, 0.4) is 0 Å². The second-order valence-electron chi connectivity index (χ2n) is 4.88. The number of sulfonamides is 1. The molecule has 122 valence electrons. The van der Waals surface area contributed by atoms with Crippen LogP contribution in [-0.4, -0.2) is 43.8 Å². The molecule has 0 aromatic carbocycles. The lowest BCUT2D eigenvalue weighted by Gasteiger charge is -2.25. The maximum atomic E-state index is 12.8. The van der Waals surface area contributed by atoms with Gasteiger partial charge in [0.15, 0.2) is 0 Å². The van der Waals surface area contributed by atoms with Crippen LogP contribution in [0.5, 0.6) is 0 Å². The van der Waals surface area contributed by atoms with Crippen LogP contribution < -0.4 is 0 Å². The van der Waals surface area contributed by atoms with Gasteiger partial charge in [0, 0.05) is 24.5 Å². The van der Waals surface area contributed by atoms with E-state index in [9.17, 15) is 8.42 Å². The topological polar surface area (TPSA) is 40.6 Å². The van der Waals surface area contributed by atoms with Crippen LogP contribution >= 0.6 is 22.7 Å². The quantitative estimate of drug-likeness (QED) is 0.690. The minimum Gasteiger partial charge on any atom is -0.303 e. The molecule has 2 aromatic heterocycles. The molecule has 0 atom stereocenters. The fourth-order valence-electron chi connectivity index (χ4n) is 2.19. The van der Waals surface area contributed by atoms with E-state index < -0.39 is 10.0 Å². The van der Waals surface area contributed by atoms with Gasteiger partial charge in [0.1, 0.15) is 4.21 Å². The second-order valence-corrected chi connectivity index (χ2v) is 9.02. The van der Waals surface area contributed by atoms with Gasteiger partial charge < -0.3 is 4.90 Å². The Morgan fingerprint density at radius 3 is 2.23 bits per heavy atom. The number of hydrogen-bond donors (Lipinski definition) is 0. The predicted octanol–water partition coefficient (Wildman–Crippen LogP) is 3.34. The highest BCUT2D eigenvalue weighted by Crippen LogP contribution is 2.23. The minimum atomic E-state index is -3.41. The minimum absolute atomic E-state index is 0.420. The second kappa shape index (κ2) is 8.21. The molecule has 0 bridgehead atoms. The van der Waals surface area contributed by atoms with Gasteiger partial charge in [-0.15, -0.1) is 22.7 Å². The van der Waals surface area contributed by atoms with E-state index in [1.807, 2.05) is 17.5 Å². The van der Waals surface area contributed by atoms with E-state index >= 15 is 0 Å². The summed E-state index contributed by atoms with van der Waals surface area (Å²) in [6, 6.07) is 7.41. The van der Waals surface area contributed by atoms with Crippen LogP contribution in [-0.2, 0) is 16.6 Å². The number of thiophene rings is 2. The molecule has 0 aliphatic heterocycles. The van der Waals surface area contributed by atoms with Crippen molar-refractivity contribution in [3.05, 3.63) is 39.9 Å². The Hall–Kier alpha value is -0.730. The van der Waals surface area contributed by atoms with Crippen molar-refractivity contribution in [3.8, 4) is 0 Å². The smallest absolute Gasteiger partial charge is 0.252 e. The van der Waals surface area contributed by atoms with E-state index in [1.165, 1.54) is 11.3 Å². The first-order valence-corrected chi connectivity index (χ1v) is 10.6. The van der Waals surface area contributed by atoms with Gasteiger partial charge >= 0.3 is 0 Å². The maximum absolute atomic E-state index is 12.8. The standard InChI is InChI=1S/C15H22N2O2S3/c1-3-16(4-2)9-10-17(13-14-7-5-11-20-14)22(18,19)15-8-6-12-21-15/h5-8,11-12H,3-4,9-10,13H2,1-2H3. The summed E-state index contributed by atoms with van der Waals surface area (Å²) in [5, 5.41) is 3.79. The molecular formula is C15H22N2O2S3. The summed E-state index contributed by atoms with van der Waals surface area (Å²) >= 11 is 2.87. The summed E-state index contributed by atoms with van der Waals surface area (Å²) in [5.41, 5.74) is 0. The van der Waals surface area contributed by atoms with Crippen molar-refractivity contribution in [1.82, 2.24) is 9.21 Å². The van der Waals surface area contributed by atoms with Crippen molar-refractivity contribution >= 4 is 32.7 Å². The zero-order valence-corrected chi connectivity index (χ0v) is 15.4. The predicted molar refractivity (Wildman–Crippen MR) is 94.0 cm³/mol. The van der Waals surface area contributed by atoms with Crippen LogP contribution in [0.4, 0.5) is 0 Å².